The molecule has 0 spiro atoms. The summed E-state index contributed by atoms with van der Waals surface area (Å²) in [5, 5.41) is 5.37. The van der Waals surface area contributed by atoms with E-state index < -0.39 is 24.5 Å². The minimum atomic E-state index is -2.92. The molecule has 0 aliphatic heterocycles. The van der Waals surface area contributed by atoms with Crippen molar-refractivity contribution in [2.45, 2.75) is 26.5 Å². The Labute approximate surface area is 161 Å². The van der Waals surface area contributed by atoms with Crippen LogP contribution in [0.25, 0.3) is 0 Å². The molecule has 8 heteroatoms. The minimum absolute atomic E-state index is 0.0128. The highest BCUT2D eigenvalue weighted by molar-refractivity contribution is 6.01. The molecule has 0 fully saturated rings. The maximum atomic E-state index is 12.6. The Morgan fingerprint density at radius 3 is 2.00 bits per heavy atom. The molecule has 150 valence electrons. The highest BCUT2D eigenvalue weighted by Crippen LogP contribution is 2.18. The van der Waals surface area contributed by atoms with Crippen molar-refractivity contribution in [3.63, 3.8) is 0 Å². The van der Waals surface area contributed by atoms with Crippen LogP contribution in [0.2, 0.25) is 0 Å². The summed E-state index contributed by atoms with van der Waals surface area (Å²) in [7, 11) is 1.53. The van der Waals surface area contributed by atoms with E-state index in [0.29, 0.717) is 17.0 Å². The third kappa shape index (κ3) is 5.94. The number of nitrogens with one attached hydrogen (secondary N) is 2. The van der Waals surface area contributed by atoms with Gasteiger partial charge in [-0.05, 0) is 54.4 Å². The number of hydrogen-bond acceptors (Lipinski definition) is 4. The highest BCUT2D eigenvalue weighted by Gasteiger charge is 2.25. The van der Waals surface area contributed by atoms with E-state index in [2.05, 4.69) is 15.4 Å². The monoisotopic (exact) mass is 392 g/mol. The summed E-state index contributed by atoms with van der Waals surface area (Å²) in [4.78, 5) is 25.0. The van der Waals surface area contributed by atoms with Crippen LogP contribution in [0, 0.1) is 5.92 Å². The van der Waals surface area contributed by atoms with Crippen LogP contribution in [0.3, 0.4) is 0 Å². The average molecular weight is 392 g/mol. The first-order valence-electron chi connectivity index (χ1n) is 8.61. The fourth-order valence-corrected chi connectivity index (χ4v) is 2.44. The molecule has 2 aromatic rings. The van der Waals surface area contributed by atoms with Crippen LogP contribution in [-0.4, -0.2) is 31.6 Å². The largest absolute Gasteiger partial charge is 0.497 e. The summed E-state index contributed by atoms with van der Waals surface area (Å²) in [5.74, 6) is -0.379. The SMILES string of the molecule is COc1ccc(C(=O)N[C@H](C(=O)Nc2ccc(OC(F)F)cc2)C(C)C)cc1. The Morgan fingerprint density at radius 1 is 0.929 bits per heavy atom. The molecular weight excluding hydrogens is 370 g/mol. The van der Waals surface area contributed by atoms with Crippen LogP contribution >= 0.6 is 0 Å². The number of benzene rings is 2. The van der Waals surface area contributed by atoms with Crippen molar-refractivity contribution in [3.05, 3.63) is 54.1 Å². The lowest BCUT2D eigenvalue weighted by Gasteiger charge is -2.22. The minimum Gasteiger partial charge on any atom is -0.497 e. The van der Waals surface area contributed by atoms with Gasteiger partial charge in [-0.3, -0.25) is 9.59 Å². The van der Waals surface area contributed by atoms with Gasteiger partial charge in [0.05, 0.1) is 7.11 Å². The number of methoxy groups -OCH3 is 1. The van der Waals surface area contributed by atoms with Gasteiger partial charge in [-0.25, -0.2) is 0 Å². The van der Waals surface area contributed by atoms with Crippen LogP contribution in [-0.2, 0) is 4.79 Å². The van der Waals surface area contributed by atoms with E-state index in [9.17, 15) is 18.4 Å². The van der Waals surface area contributed by atoms with Crippen molar-refractivity contribution in [2.75, 3.05) is 12.4 Å². The molecule has 0 saturated carbocycles. The molecule has 6 nitrogen and oxygen atoms in total. The average Bonchev–Trinajstić information content (AvgIpc) is 2.66. The topological polar surface area (TPSA) is 76.7 Å². The second-order valence-corrected chi connectivity index (χ2v) is 6.32. The van der Waals surface area contributed by atoms with Crippen molar-refractivity contribution >= 4 is 17.5 Å². The van der Waals surface area contributed by atoms with E-state index in [1.54, 1.807) is 38.1 Å². The van der Waals surface area contributed by atoms with Crippen molar-refractivity contribution < 1.29 is 27.8 Å². The number of hydrogen-bond donors (Lipinski definition) is 2. The van der Waals surface area contributed by atoms with Gasteiger partial charge in [-0.1, -0.05) is 13.8 Å². The fourth-order valence-electron chi connectivity index (χ4n) is 2.44. The van der Waals surface area contributed by atoms with Gasteiger partial charge in [0.15, 0.2) is 0 Å². The van der Waals surface area contributed by atoms with Crippen LogP contribution < -0.4 is 20.1 Å². The van der Waals surface area contributed by atoms with E-state index in [1.807, 2.05) is 0 Å². The third-order valence-corrected chi connectivity index (χ3v) is 3.93. The molecule has 2 aromatic carbocycles. The molecule has 2 rings (SSSR count). The lowest BCUT2D eigenvalue weighted by atomic mass is 10.0. The quantitative estimate of drug-likeness (QED) is 0.718. The van der Waals surface area contributed by atoms with E-state index in [1.165, 1.54) is 31.4 Å². The first-order valence-corrected chi connectivity index (χ1v) is 8.61. The Hall–Kier alpha value is -3.16. The third-order valence-electron chi connectivity index (χ3n) is 3.93. The first kappa shape index (κ1) is 21.1. The molecular formula is C20H22F2N2O4. The lowest BCUT2D eigenvalue weighted by Crippen LogP contribution is -2.47. The Bertz CT molecular complexity index is 793. The maximum absolute atomic E-state index is 12.6. The zero-order valence-electron chi connectivity index (χ0n) is 15.7. The van der Waals surface area contributed by atoms with Crippen LogP contribution in [0.5, 0.6) is 11.5 Å². The summed E-state index contributed by atoms with van der Waals surface area (Å²) in [5.41, 5.74) is 0.795. The van der Waals surface area contributed by atoms with E-state index >= 15 is 0 Å². The van der Waals surface area contributed by atoms with Crippen molar-refractivity contribution in [1.82, 2.24) is 5.32 Å². The van der Waals surface area contributed by atoms with Crippen molar-refractivity contribution in [1.29, 1.82) is 0 Å². The summed E-state index contributed by atoms with van der Waals surface area (Å²) in [6.45, 7) is 0.690. The predicted octanol–water partition coefficient (Wildman–Crippen LogP) is 3.69. The second-order valence-electron chi connectivity index (χ2n) is 6.32. The molecule has 0 saturated heterocycles. The van der Waals surface area contributed by atoms with Gasteiger partial charge in [-0.2, -0.15) is 8.78 Å². The van der Waals surface area contributed by atoms with Crippen LogP contribution in [0.15, 0.2) is 48.5 Å². The van der Waals surface area contributed by atoms with Crippen LogP contribution in [0.4, 0.5) is 14.5 Å². The van der Waals surface area contributed by atoms with Gasteiger partial charge in [-0.15, -0.1) is 0 Å². The zero-order chi connectivity index (χ0) is 20.7. The molecule has 1 atom stereocenters. The van der Waals surface area contributed by atoms with E-state index in [0.717, 1.165) is 0 Å². The number of rotatable bonds is 8. The van der Waals surface area contributed by atoms with E-state index in [4.69, 9.17) is 4.74 Å². The Kier molecular flexibility index (Phi) is 7.31. The molecule has 0 aromatic heterocycles. The lowest BCUT2D eigenvalue weighted by molar-refractivity contribution is -0.118. The standard InChI is InChI=1S/C20H22F2N2O4/c1-12(2)17(24-18(25)13-4-8-15(27-3)9-5-13)19(26)23-14-6-10-16(11-7-14)28-20(21)22/h4-12,17,20H,1-3H3,(H,23,26)(H,24,25)/t17-/m0/s1. The number of ether oxygens (including phenoxy) is 2. The predicted molar refractivity (Wildman–Crippen MR) is 101 cm³/mol. The molecule has 0 aliphatic carbocycles. The first-order chi connectivity index (χ1) is 13.3. The number of anilines is 1. The molecule has 28 heavy (non-hydrogen) atoms. The zero-order valence-corrected chi connectivity index (χ0v) is 15.7. The summed E-state index contributed by atoms with van der Waals surface area (Å²) < 4.78 is 33.7. The number of carbonyl (C=O) groups is 2. The fraction of sp³-hybridized carbons (Fsp3) is 0.300. The van der Waals surface area contributed by atoms with Gasteiger partial charge in [0, 0.05) is 11.3 Å². The smallest absolute Gasteiger partial charge is 0.387 e. The number of alkyl halides is 2. The molecule has 0 bridgehead atoms. The van der Waals surface area contributed by atoms with Crippen molar-refractivity contribution in [2.24, 2.45) is 5.92 Å². The van der Waals surface area contributed by atoms with E-state index in [-0.39, 0.29) is 11.7 Å². The number of halogens is 2. The van der Waals surface area contributed by atoms with Gasteiger partial charge in [0.2, 0.25) is 5.91 Å². The molecule has 0 unspecified atom stereocenters. The molecule has 2 amide bonds. The number of amides is 2. The van der Waals surface area contributed by atoms with Gasteiger partial charge < -0.3 is 20.1 Å². The second kappa shape index (κ2) is 9.68. The Morgan fingerprint density at radius 2 is 1.50 bits per heavy atom. The highest BCUT2D eigenvalue weighted by atomic mass is 19.3. The van der Waals surface area contributed by atoms with Gasteiger partial charge in [0.1, 0.15) is 17.5 Å². The molecule has 0 heterocycles. The van der Waals surface area contributed by atoms with Crippen LogP contribution in [0.1, 0.15) is 24.2 Å². The summed E-state index contributed by atoms with van der Waals surface area (Å²) in [6, 6.07) is 11.3. The number of carbonyl (C=O) groups excluding carboxylic acids is 2. The normalized spacial score (nSPS) is 11.8. The molecule has 0 aliphatic rings. The Balaban J connectivity index is 2.03. The molecule has 0 radical (unpaired) electrons. The van der Waals surface area contributed by atoms with Gasteiger partial charge in [0.25, 0.3) is 5.91 Å². The summed E-state index contributed by atoms with van der Waals surface area (Å²) >= 11 is 0. The molecule has 2 N–H and O–H groups in total. The van der Waals surface area contributed by atoms with Crippen molar-refractivity contribution in [3.8, 4) is 11.5 Å². The summed E-state index contributed by atoms with van der Waals surface area (Å²) in [6.07, 6.45) is 0. The van der Waals surface area contributed by atoms with Gasteiger partial charge >= 0.3 is 6.61 Å². The maximum Gasteiger partial charge on any atom is 0.387 e.